The van der Waals surface area contributed by atoms with Crippen molar-refractivity contribution >= 4 is 11.9 Å². The number of nitriles is 1. The molecule has 28 heavy (non-hydrogen) atoms. The second-order valence-electron chi connectivity index (χ2n) is 6.19. The smallest absolute Gasteiger partial charge is 0.343 e. The van der Waals surface area contributed by atoms with Gasteiger partial charge in [-0.25, -0.2) is 4.79 Å². The number of carbonyl (C=O) groups excluding carboxylic acids is 2. The summed E-state index contributed by atoms with van der Waals surface area (Å²) in [5.41, 5.74) is 1.03. The lowest BCUT2D eigenvalue weighted by atomic mass is 10.1. The van der Waals surface area contributed by atoms with Crippen LogP contribution >= 0.6 is 0 Å². The summed E-state index contributed by atoms with van der Waals surface area (Å²) in [6.45, 7) is 2.96. The van der Waals surface area contributed by atoms with E-state index in [4.69, 9.17) is 9.15 Å². The molecule has 0 saturated heterocycles. The molecule has 3 aromatic rings. The highest BCUT2D eigenvalue weighted by atomic mass is 16.5. The molecule has 0 aliphatic carbocycles. The molecule has 1 amide bonds. The predicted molar refractivity (Wildman–Crippen MR) is 101 cm³/mol. The SMILES string of the molecule is Cc1oc(-n2cccc2)c(C#N)c1C(=O)OCC(=O)N[C@H](C)c1ccccc1. The van der Waals surface area contributed by atoms with Crippen LogP contribution in [0.5, 0.6) is 0 Å². The minimum absolute atomic E-state index is 0.0232. The third kappa shape index (κ3) is 3.96. The summed E-state index contributed by atoms with van der Waals surface area (Å²) < 4.78 is 12.3. The number of aromatic nitrogens is 1. The van der Waals surface area contributed by atoms with Gasteiger partial charge in [0.15, 0.2) is 6.61 Å². The minimum atomic E-state index is -0.779. The molecule has 3 rings (SSSR count). The van der Waals surface area contributed by atoms with Gasteiger partial charge in [-0.2, -0.15) is 5.26 Å². The van der Waals surface area contributed by atoms with Gasteiger partial charge in [0.05, 0.1) is 6.04 Å². The number of amides is 1. The van der Waals surface area contributed by atoms with Crippen LogP contribution in [0.25, 0.3) is 5.88 Å². The van der Waals surface area contributed by atoms with Crippen molar-refractivity contribution in [3.8, 4) is 12.0 Å². The monoisotopic (exact) mass is 377 g/mol. The fraction of sp³-hybridized carbons (Fsp3) is 0.190. The standard InChI is InChI=1S/C21H19N3O4/c1-14(16-8-4-3-5-9-16)23-18(25)13-27-21(26)19-15(2)28-20(17(19)12-22)24-10-6-7-11-24/h3-11,14H,13H2,1-2H3,(H,23,25)/t14-/m1/s1. The number of carbonyl (C=O) groups is 2. The Kier molecular flexibility index (Phi) is 5.61. The maximum Gasteiger partial charge on any atom is 0.343 e. The molecule has 2 aromatic heterocycles. The van der Waals surface area contributed by atoms with Gasteiger partial charge in [0.25, 0.3) is 5.91 Å². The third-order valence-electron chi connectivity index (χ3n) is 4.23. The number of nitrogens with zero attached hydrogens (tertiary/aromatic N) is 2. The largest absolute Gasteiger partial charge is 0.452 e. The molecule has 0 radical (unpaired) electrons. The summed E-state index contributed by atoms with van der Waals surface area (Å²) in [5, 5.41) is 12.2. The van der Waals surface area contributed by atoms with Crippen molar-refractivity contribution in [2.75, 3.05) is 6.61 Å². The number of aryl methyl sites for hydroxylation is 1. The molecule has 1 aromatic carbocycles. The van der Waals surface area contributed by atoms with Crippen molar-refractivity contribution in [3.05, 3.63) is 77.3 Å². The van der Waals surface area contributed by atoms with Crippen LogP contribution in [0.4, 0.5) is 0 Å². The Labute approximate surface area is 162 Å². The van der Waals surface area contributed by atoms with E-state index in [1.54, 1.807) is 36.0 Å². The molecule has 7 heteroatoms. The van der Waals surface area contributed by atoms with Crippen molar-refractivity contribution in [3.63, 3.8) is 0 Å². The van der Waals surface area contributed by atoms with Crippen LogP contribution in [0.15, 0.2) is 59.3 Å². The van der Waals surface area contributed by atoms with Crippen LogP contribution in [0.1, 0.15) is 40.2 Å². The van der Waals surface area contributed by atoms with E-state index in [1.807, 2.05) is 43.3 Å². The molecule has 0 fully saturated rings. The predicted octanol–water partition coefficient (Wildman–Crippen LogP) is 3.28. The summed E-state index contributed by atoms with van der Waals surface area (Å²) >= 11 is 0. The average Bonchev–Trinajstić information content (AvgIpc) is 3.34. The molecule has 1 N–H and O–H groups in total. The summed E-state index contributed by atoms with van der Waals surface area (Å²) in [4.78, 5) is 24.6. The van der Waals surface area contributed by atoms with E-state index in [9.17, 15) is 14.9 Å². The lowest BCUT2D eigenvalue weighted by molar-refractivity contribution is -0.124. The van der Waals surface area contributed by atoms with Crippen LogP contribution in [0.3, 0.4) is 0 Å². The summed E-state index contributed by atoms with van der Waals surface area (Å²) in [6.07, 6.45) is 3.40. The summed E-state index contributed by atoms with van der Waals surface area (Å²) in [6, 6.07) is 14.7. The van der Waals surface area contributed by atoms with Gasteiger partial charge in [-0.1, -0.05) is 30.3 Å². The second kappa shape index (κ2) is 8.27. The van der Waals surface area contributed by atoms with E-state index >= 15 is 0 Å². The van der Waals surface area contributed by atoms with E-state index in [1.165, 1.54) is 0 Å². The Morgan fingerprint density at radius 3 is 2.54 bits per heavy atom. The number of furan rings is 1. The Morgan fingerprint density at radius 2 is 1.89 bits per heavy atom. The maximum atomic E-state index is 12.5. The molecule has 0 bridgehead atoms. The normalized spacial score (nSPS) is 11.5. The van der Waals surface area contributed by atoms with Crippen LogP contribution in [-0.4, -0.2) is 23.1 Å². The van der Waals surface area contributed by atoms with Crippen LogP contribution < -0.4 is 5.32 Å². The number of ether oxygens (including phenoxy) is 1. The molecule has 7 nitrogen and oxygen atoms in total. The average molecular weight is 377 g/mol. The molecular weight excluding hydrogens is 358 g/mol. The van der Waals surface area contributed by atoms with Crippen molar-refractivity contribution in [1.82, 2.24) is 9.88 Å². The zero-order valence-corrected chi connectivity index (χ0v) is 15.5. The van der Waals surface area contributed by atoms with E-state index in [0.717, 1.165) is 5.56 Å². The first kappa shape index (κ1) is 19.0. The van der Waals surface area contributed by atoms with Crippen LogP contribution in [0, 0.1) is 18.3 Å². The maximum absolute atomic E-state index is 12.5. The number of rotatable bonds is 6. The highest BCUT2D eigenvalue weighted by molar-refractivity contribution is 5.95. The van der Waals surface area contributed by atoms with Gasteiger partial charge < -0.3 is 14.5 Å². The van der Waals surface area contributed by atoms with Gasteiger partial charge in [0, 0.05) is 12.4 Å². The lowest BCUT2D eigenvalue weighted by Gasteiger charge is -2.14. The minimum Gasteiger partial charge on any atom is -0.452 e. The quantitative estimate of drug-likeness (QED) is 0.665. The van der Waals surface area contributed by atoms with Gasteiger partial charge >= 0.3 is 5.97 Å². The molecule has 2 heterocycles. The van der Waals surface area contributed by atoms with E-state index in [-0.39, 0.29) is 28.8 Å². The second-order valence-corrected chi connectivity index (χ2v) is 6.19. The molecule has 1 atom stereocenters. The van der Waals surface area contributed by atoms with Gasteiger partial charge in [-0.05, 0) is 31.5 Å². The first-order chi connectivity index (χ1) is 13.5. The Bertz CT molecular complexity index is 1010. The Morgan fingerprint density at radius 1 is 1.21 bits per heavy atom. The van der Waals surface area contributed by atoms with Gasteiger partial charge in [0.2, 0.25) is 5.88 Å². The first-order valence-corrected chi connectivity index (χ1v) is 8.69. The molecule has 0 saturated carbocycles. The van der Waals surface area contributed by atoms with Crippen LogP contribution in [-0.2, 0) is 9.53 Å². The highest BCUT2D eigenvalue weighted by Crippen LogP contribution is 2.26. The van der Waals surface area contributed by atoms with Gasteiger partial charge in [-0.15, -0.1) is 0 Å². The number of hydrogen-bond donors (Lipinski definition) is 1. The Balaban J connectivity index is 1.67. The van der Waals surface area contributed by atoms with E-state index in [0.29, 0.717) is 0 Å². The van der Waals surface area contributed by atoms with Crippen LogP contribution in [0.2, 0.25) is 0 Å². The van der Waals surface area contributed by atoms with Gasteiger partial charge in [-0.3, -0.25) is 9.36 Å². The van der Waals surface area contributed by atoms with E-state index in [2.05, 4.69) is 5.32 Å². The zero-order chi connectivity index (χ0) is 20.1. The fourth-order valence-electron chi connectivity index (χ4n) is 2.84. The molecule has 0 spiro atoms. The number of hydrogen-bond acceptors (Lipinski definition) is 5. The molecule has 0 aliphatic heterocycles. The topological polar surface area (TPSA) is 97.3 Å². The number of nitrogens with one attached hydrogen (secondary N) is 1. The van der Waals surface area contributed by atoms with Crippen molar-refractivity contribution in [2.24, 2.45) is 0 Å². The van der Waals surface area contributed by atoms with Crippen molar-refractivity contribution in [2.45, 2.75) is 19.9 Å². The molecule has 0 unspecified atom stereocenters. The third-order valence-corrected chi connectivity index (χ3v) is 4.23. The number of benzene rings is 1. The van der Waals surface area contributed by atoms with Crippen molar-refractivity contribution in [1.29, 1.82) is 5.26 Å². The fourth-order valence-corrected chi connectivity index (χ4v) is 2.84. The Hall–Kier alpha value is -3.79. The molecule has 0 aliphatic rings. The zero-order valence-electron chi connectivity index (χ0n) is 15.5. The lowest BCUT2D eigenvalue weighted by Crippen LogP contribution is -2.31. The first-order valence-electron chi connectivity index (χ1n) is 8.69. The molecule has 142 valence electrons. The van der Waals surface area contributed by atoms with Gasteiger partial charge in [0.1, 0.15) is 23.0 Å². The number of esters is 1. The summed E-state index contributed by atoms with van der Waals surface area (Å²) in [7, 11) is 0. The van der Waals surface area contributed by atoms with Crippen molar-refractivity contribution < 1.29 is 18.7 Å². The summed E-state index contributed by atoms with van der Waals surface area (Å²) in [5.74, 6) is -0.726. The van der Waals surface area contributed by atoms with E-state index < -0.39 is 18.5 Å². The highest BCUT2D eigenvalue weighted by Gasteiger charge is 2.26. The molecular formula is C21H19N3O4.